The van der Waals surface area contributed by atoms with Crippen molar-refractivity contribution in [1.82, 2.24) is 15.5 Å². The van der Waals surface area contributed by atoms with E-state index in [0.29, 0.717) is 43.6 Å². The fourth-order valence-corrected chi connectivity index (χ4v) is 3.11. The largest absolute Gasteiger partial charge is 0.493 e. The van der Waals surface area contributed by atoms with Crippen molar-refractivity contribution in [2.24, 2.45) is 10.9 Å². The maximum Gasteiger partial charge on any atom is 0.401 e. The zero-order valence-corrected chi connectivity index (χ0v) is 18.6. The lowest BCUT2D eigenvalue weighted by molar-refractivity contribution is -0.143. The summed E-state index contributed by atoms with van der Waals surface area (Å²) in [6, 6.07) is 5.64. The molecule has 28 heavy (non-hydrogen) atoms. The van der Waals surface area contributed by atoms with E-state index in [1.807, 2.05) is 18.2 Å². The maximum absolute atomic E-state index is 12.5. The molecule has 1 atom stereocenters. The Bertz CT molecular complexity index is 644. The molecule has 0 amide bonds. The zero-order valence-electron chi connectivity index (χ0n) is 16.3. The van der Waals surface area contributed by atoms with Gasteiger partial charge in [0.15, 0.2) is 17.5 Å². The lowest BCUT2D eigenvalue weighted by Gasteiger charge is -2.19. The Hall–Kier alpha value is -1.43. The summed E-state index contributed by atoms with van der Waals surface area (Å²) in [5.74, 6) is 2.09. The van der Waals surface area contributed by atoms with Crippen molar-refractivity contribution < 1.29 is 22.6 Å². The molecule has 2 N–H and O–H groups in total. The molecule has 2 rings (SSSR count). The third-order valence-electron chi connectivity index (χ3n) is 4.46. The van der Waals surface area contributed by atoms with Crippen LogP contribution in [-0.4, -0.2) is 64.5 Å². The van der Waals surface area contributed by atoms with Crippen LogP contribution >= 0.6 is 24.0 Å². The van der Waals surface area contributed by atoms with Crippen molar-refractivity contribution >= 4 is 29.9 Å². The molecule has 1 aromatic rings. The van der Waals surface area contributed by atoms with Crippen LogP contribution in [0, 0.1) is 5.92 Å². The number of benzene rings is 1. The molecule has 1 heterocycles. The van der Waals surface area contributed by atoms with E-state index < -0.39 is 12.7 Å². The van der Waals surface area contributed by atoms with Crippen LogP contribution < -0.4 is 20.1 Å². The first-order valence-electron chi connectivity index (χ1n) is 8.79. The molecule has 0 saturated carbocycles. The molecule has 1 fully saturated rings. The van der Waals surface area contributed by atoms with Crippen LogP contribution in [0.2, 0.25) is 0 Å². The third-order valence-corrected chi connectivity index (χ3v) is 4.46. The van der Waals surface area contributed by atoms with Crippen LogP contribution in [0.15, 0.2) is 23.2 Å². The highest BCUT2D eigenvalue weighted by Gasteiger charge is 2.34. The number of hydrogen-bond donors (Lipinski definition) is 2. The van der Waals surface area contributed by atoms with Gasteiger partial charge in [0.2, 0.25) is 0 Å². The maximum atomic E-state index is 12.5. The number of rotatable bonds is 7. The summed E-state index contributed by atoms with van der Waals surface area (Å²) in [7, 11) is 4.83. The minimum atomic E-state index is -4.14. The third kappa shape index (κ3) is 7.90. The molecule has 0 spiro atoms. The summed E-state index contributed by atoms with van der Waals surface area (Å²) < 4.78 is 47.9. The van der Waals surface area contributed by atoms with Gasteiger partial charge in [-0.2, -0.15) is 13.2 Å². The normalized spacial score (nSPS) is 17.8. The Kier molecular flexibility index (Phi) is 10.1. The van der Waals surface area contributed by atoms with Crippen molar-refractivity contribution in [3.63, 3.8) is 0 Å². The summed E-state index contributed by atoms with van der Waals surface area (Å²) in [6.07, 6.45) is -3.39. The van der Waals surface area contributed by atoms with Gasteiger partial charge in [0.05, 0.1) is 20.8 Å². The number of nitrogens with one attached hydrogen (secondary N) is 2. The van der Waals surface area contributed by atoms with Crippen LogP contribution in [0.5, 0.6) is 11.5 Å². The van der Waals surface area contributed by atoms with E-state index in [1.54, 1.807) is 21.3 Å². The minimum absolute atomic E-state index is 0. The molecule has 10 heteroatoms. The number of methoxy groups -OCH3 is 2. The van der Waals surface area contributed by atoms with E-state index in [2.05, 4.69) is 15.6 Å². The Morgan fingerprint density at radius 1 is 1.21 bits per heavy atom. The molecule has 1 aromatic carbocycles. The second-order valence-electron chi connectivity index (χ2n) is 6.50. The molecule has 0 radical (unpaired) electrons. The molecule has 1 aliphatic heterocycles. The molecule has 0 aliphatic carbocycles. The van der Waals surface area contributed by atoms with E-state index in [1.165, 1.54) is 4.90 Å². The van der Waals surface area contributed by atoms with Crippen LogP contribution in [0.1, 0.15) is 12.0 Å². The van der Waals surface area contributed by atoms with Crippen molar-refractivity contribution in [3.05, 3.63) is 23.8 Å². The second kappa shape index (κ2) is 11.5. The average molecular weight is 516 g/mol. The van der Waals surface area contributed by atoms with E-state index >= 15 is 0 Å². The highest BCUT2D eigenvalue weighted by molar-refractivity contribution is 14.0. The van der Waals surface area contributed by atoms with Gasteiger partial charge in [-0.1, -0.05) is 6.07 Å². The van der Waals surface area contributed by atoms with Gasteiger partial charge in [0.25, 0.3) is 0 Å². The van der Waals surface area contributed by atoms with Crippen molar-refractivity contribution in [3.8, 4) is 11.5 Å². The lowest BCUT2D eigenvalue weighted by Crippen LogP contribution is -2.40. The fraction of sp³-hybridized carbons (Fsp3) is 0.611. The predicted octanol–water partition coefficient (Wildman–Crippen LogP) is 2.87. The van der Waals surface area contributed by atoms with E-state index in [0.717, 1.165) is 12.0 Å². The van der Waals surface area contributed by atoms with Gasteiger partial charge < -0.3 is 20.1 Å². The van der Waals surface area contributed by atoms with Crippen LogP contribution in [0.25, 0.3) is 0 Å². The number of ether oxygens (including phenoxy) is 2. The standard InChI is InChI=1S/C18H27F3N4O2.HI/c1-22-17(23-9-13-4-5-15(26-2)16(8-13)27-3)24-10-14-6-7-25(11-14)12-18(19,20)21;/h4-5,8,14H,6-7,9-12H2,1-3H3,(H2,22,23,24);1H. The molecule has 6 nitrogen and oxygen atoms in total. The molecule has 0 bridgehead atoms. The molecule has 0 aromatic heterocycles. The Morgan fingerprint density at radius 2 is 1.93 bits per heavy atom. The predicted molar refractivity (Wildman–Crippen MR) is 114 cm³/mol. The number of likely N-dealkylation sites (tertiary alicyclic amines) is 1. The van der Waals surface area contributed by atoms with Crippen LogP contribution in [0.4, 0.5) is 13.2 Å². The van der Waals surface area contributed by atoms with Gasteiger partial charge in [-0.3, -0.25) is 9.89 Å². The van der Waals surface area contributed by atoms with Crippen molar-refractivity contribution in [1.29, 1.82) is 0 Å². The summed E-state index contributed by atoms with van der Waals surface area (Å²) in [4.78, 5) is 5.61. The number of nitrogens with zero attached hydrogens (tertiary/aromatic N) is 2. The summed E-state index contributed by atoms with van der Waals surface area (Å²) >= 11 is 0. The molecule has 1 saturated heterocycles. The van der Waals surface area contributed by atoms with Gasteiger partial charge in [0, 0.05) is 26.7 Å². The second-order valence-corrected chi connectivity index (χ2v) is 6.50. The van der Waals surface area contributed by atoms with Gasteiger partial charge in [-0.15, -0.1) is 24.0 Å². The smallest absolute Gasteiger partial charge is 0.401 e. The topological polar surface area (TPSA) is 58.1 Å². The highest BCUT2D eigenvalue weighted by atomic mass is 127. The van der Waals surface area contributed by atoms with E-state index in [-0.39, 0.29) is 29.9 Å². The number of aliphatic imine (C=N–C) groups is 1. The van der Waals surface area contributed by atoms with Crippen molar-refractivity contribution in [2.45, 2.75) is 19.1 Å². The number of guanidine groups is 1. The number of halogens is 4. The molecule has 1 aliphatic rings. The lowest BCUT2D eigenvalue weighted by atomic mass is 10.1. The average Bonchev–Trinajstić information content (AvgIpc) is 3.07. The first-order chi connectivity index (χ1) is 12.8. The summed E-state index contributed by atoms with van der Waals surface area (Å²) in [5.41, 5.74) is 0.993. The first kappa shape index (κ1) is 24.6. The first-order valence-corrected chi connectivity index (χ1v) is 8.79. The SMILES string of the molecule is CN=C(NCc1ccc(OC)c(OC)c1)NCC1CCN(CC(F)(F)F)C1.I. The van der Waals surface area contributed by atoms with Crippen LogP contribution in [0.3, 0.4) is 0 Å². The summed E-state index contributed by atoms with van der Waals surface area (Å²) in [5, 5.41) is 6.39. The van der Waals surface area contributed by atoms with Gasteiger partial charge in [-0.05, 0) is 36.6 Å². The zero-order chi connectivity index (χ0) is 19.9. The Labute approximate surface area is 180 Å². The Morgan fingerprint density at radius 3 is 2.54 bits per heavy atom. The Balaban J connectivity index is 0.00000392. The van der Waals surface area contributed by atoms with Crippen LogP contribution in [-0.2, 0) is 6.54 Å². The van der Waals surface area contributed by atoms with Crippen molar-refractivity contribution in [2.75, 3.05) is 47.4 Å². The quantitative estimate of drug-likeness (QED) is 0.332. The molecule has 160 valence electrons. The summed E-state index contributed by atoms with van der Waals surface area (Å²) in [6.45, 7) is 1.20. The number of alkyl halides is 3. The van der Waals surface area contributed by atoms with E-state index in [4.69, 9.17) is 9.47 Å². The van der Waals surface area contributed by atoms with Gasteiger partial charge >= 0.3 is 6.18 Å². The minimum Gasteiger partial charge on any atom is -0.493 e. The highest BCUT2D eigenvalue weighted by Crippen LogP contribution is 2.27. The van der Waals surface area contributed by atoms with Gasteiger partial charge in [0.1, 0.15) is 0 Å². The van der Waals surface area contributed by atoms with Gasteiger partial charge in [-0.25, -0.2) is 0 Å². The van der Waals surface area contributed by atoms with E-state index in [9.17, 15) is 13.2 Å². The molecule has 1 unspecified atom stereocenters. The molecular weight excluding hydrogens is 488 g/mol. The fourth-order valence-electron chi connectivity index (χ4n) is 3.11. The monoisotopic (exact) mass is 516 g/mol. The molecular formula is C18H28F3IN4O2. The number of hydrogen-bond acceptors (Lipinski definition) is 4.